The van der Waals surface area contributed by atoms with Crippen molar-refractivity contribution in [3.63, 3.8) is 0 Å². The van der Waals surface area contributed by atoms with Gasteiger partial charge in [0.15, 0.2) is 0 Å². The Hall–Kier alpha value is -1.03. The average Bonchev–Trinajstić information content (AvgIpc) is 2.11. The fraction of sp³-hybridized carbons (Fsp3) is 0.250. The zero-order valence-corrected chi connectivity index (χ0v) is 9.98. The summed E-state index contributed by atoms with van der Waals surface area (Å²) in [7, 11) is -0.424. The molecule has 0 saturated heterocycles. The summed E-state index contributed by atoms with van der Waals surface area (Å²) in [5.74, 6) is -2.73. The molecule has 0 fully saturated rings. The second kappa shape index (κ2) is 4.51. The molecule has 0 aliphatic rings. The van der Waals surface area contributed by atoms with E-state index in [0.717, 1.165) is 0 Å². The first-order valence-electron chi connectivity index (χ1n) is 4.18. The van der Waals surface area contributed by atoms with Gasteiger partial charge in [0, 0.05) is 10.7 Å². The third-order valence-electron chi connectivity index (χ3n) is 1.96. The number of halogens is 8. The highest BCUT2D eigenvalue weighted by Gasteiger charge is 2.45. The zero-order chi connectivity index (χ0) is 15.2. The molecule has 1 aromatic rings. The molecule has 0 unspecified atom stereocenters. The van der Waals surface area contributed by atoms with Gasteiger partial charge < -0.3 is 0 Å². The van der Waals surface area contributed by atoms with Crippen LogP contribution in [0.5, 0.6) is 0 Å². The molecular weight excluding hydrogens is 329 g/mol. The molecule has 0 aromatic heterocycles. The smallest absolute Gasteiger partial charge is 0.207 e. The summed E-state index contributed by atoms with van der Waals surface area (Å²) >= 11 is 0. The second-order valence-corrected chi connectivity index (χ2v) is 5.77. The van der Waals surface area contributed by atoms with Crippen molar-refractivity contribution in [3.05, 3.63) is 29.1 Å². The van der Waals surface area contributed by atoms with E-state index in [2.05, 4.69) is 10.7 Å². The van der Waals surface area contributed by atoms with Gasteiger partial charge in [0.2, 0.25) is 0 Å². The van der Waals surface area contributed by atoms with Crippen molar-refractivity contribution < 1.29 is 39.2 Å². The fourth-order valence-electron chi connectivity index (χ4n) is 1.24. The van der Waals surface area contributed by atoms with Gasteiger partial charge in [-0.15, -0.1) is 0 Å². The van der Waals surface area contributed by atoms with Crippen molar-refractivity contribution in [3.8, 4) is 0 Å². The molecule has 19 heavy (non-hydrogen) atoms. The van der Waals surface area contributed by atoms with Crippen LogP contribution in [0.1, 0.15) is 11.1 Å². The maximum atomic E-state index is 13.3. The van der Waals surface area contributed by atoms with Gasteiger partial charge in [-0.3, -0.25) is 0 Å². The van der Waals surface area contributed by atoms with Gasteiger partial charge in [-0.2, -0.15) is 26.3 Å². The lowest BCUT2D eigenvalue weighted by Gasteiger charge is -2.15. The summed E-state index contributed by atoms with van der Waals surface area (Å²) < 4.78 is 109. The summed E-state index contributed by atoms with van der Waals surface area (Å²) in [6, 6.07) is -0.170. The maximum absolute atomic E-state index is 13.3. The van der Waals surface area contributed by atoms with E-state index in [1.807, 2.05) is 0 Å². The van der Waals surface area contributed by atoms with Crippen molar-refractivity contribution >= 4 is 19.7 Å². The molecule has 0 heterocycles. The first-order valence-corrected chi connectivity index (χ1v) is 6.48. The quantitative estimate of drug-likeness (QED) is 0.580. The molecule has 0 bridgehead atoms. The van der Waals surface area contributed by atoms with Gasteiger partial charge in [0.05, 0.1) is 10.5 Å². The Morgan fingerprint density at radius 3 is 1.74 bits per heavy atom. The highest BCUT2D eigenvalue weighted by atomic mass is 35.7. The van der Waals surface area contributed by atoms with Crippen LogP contribution in [0.4, 0.5) is 30.7 Å². The zero-order valence-electron chi connectivity index (χ0n) is 8.40. The van der Waals surface area contributed by atoms with Crippen LogP contribution in [-0.4, -0.2) is 8.42 Å². The number of rotatable bonds is 1. The van der Waals surface area contributed by atoms with Crippen LogP contribution in [0.15, 0.2) is 17.0 Å². The van der Waals surface area contributed by atoms with Gasteiger partial charge in [-0.05, 0) is 12.1 Å². The molecule has 0 aliphatic carbocycles. The topological polar surface area (TPSA) is 34.1 Å². The molecule has 0 spiro atoms. The van der Waals surface area contributed by atoms with Gasteiger partial charge in [-0.1, -0.05) is 0 Å². The molecule has 0 aliphatic heterocycles. The van der Waals surface area contributed by atoms with Crippen LogP contribution < -0.4 is 0 Å². The minimum atomic E-state index is -5.65. The molecule has 108 valence electrons. The molecule has 2 nitrogen and oxygen atoms in total. The Bertz CT molecular complexity index is 603. The summed E-state index contributed by atoms with van der Waals surface area (Å²) in [6.45, 7) is 0. The normalized spacial score (nSPS) is 13.7. The van der Waals surface area contributed by atoms with Crippen LogP contribution >= 0.6 is 10.7 Å². The number of benzene rings is 1. The number of hydrogen-bond donors (Lipinski definition) is 0. The SMILES string of the molecule is O=S(=O)(Cl)c1ccc(C(F)(F)F)c(F)c1C(F)(F)F. The van der Waals surface area contributed by atoms with E-state index < -0.39 is 43.2 Å². The predicted octanol–water partition coefficient (Wildman–Crippen LogP) is 3.79. The maximum Gasteiger partial charge on any atom is 0.420 e. The third-order valence-corrected chi connectivity index (χ3v) is 3.32. The van der Waals surface area contributed by atoms with Gasteiger partial charge in [0.1, 0.15) is 11.4 Å². The number of hydrogen-bond acceptors (Lipinski definition) is 2. The van der Waals surface area contributed by atoms with Crippen molar-refractivity contribution in [1.29, 1.82) is 0 Å². The van der Waals surface area contributed by atoms with Gasteiger partial charge >= 0.3 is 12.4 Å². The van der Waals surface area contributed by atoms with E-state index in [4.69, 9.17) is 0 Å². The van der Waals surface area contributed by atoms with Crippen molar-refractivity contribution in [1.82, 2.24) is 0 Å². The summed E-state index contributed by atoms with van der Waals surface area (Å²) in [5.41, 5.74) is -4.80. The lowest BCUT2D eigenvalue weighted by atomic mass is 10.1. The van der Waals surface area contributed by atoms with E-state index >= 15 is 0 Å². The van der Waals surface area contributed by atoms with E-state index in [1.54, 1.807) is 0 Å². The predicted molar refractivity (Wildman–Crippen MR) is 49.4 cm³/mol. The Balaban J connectivity index is 3.81. The van der Waals surface area contributed by atoms with Crippen LogP contribution in [0, 0.1) is 5.82 Å². The standard InChI is InChI=1S/C8H2ClF7O2S/c9-19(17,18)4-2-1-3(7(11,12)13)6(10)5(4)8(14,15)16/h1-2H. The first kappa shape index (κ1) is 16.0. The third kappa shape index (κ3) is 3.30. The first-order chi connectivity index (χ1) is 8.26. The average molecular weight is 331 g/mol. The van der Waals surface area contributed by atoms with Gasteiger partial charge in [0.25, 0.3) is 9.05 Å². The largest absolute Gasteiger partial charge is 0.420 e. The van der Waals surface area contributed by atoms with E-state index in [-0.39, 0.29) is 12.1 Å². The van der Waals surface area contributed by atoms with Crippen LogP contribution in [0.2, 0.25) is 0 Å². The molecule has 1 rings (SSSR count). The lowest BCUT2D eigenvalue weighted by Crippen LogP contribution is -2.18. The molecule has 11 heteroatoms. The van der Waals surface area contributed by atoms with Crippen molar-refractivity contribution in [2.75, 3.05) is 0 Å². The summed E-state index contributed by atoms with van der Waals surface area (Å²) in [5, 5.41) is 0. The molecule has 0 amide bonds. The molecule has 0 radical (unpaired) electrons. The highest BCUT2D eigenvalue weighted by molar-refractivity contribution is 8.13. The van der Waals surface area contributed by atoms with E-state index in [0.29, 0.717) is 0 Å². The molecule has 0 saturated carbocycles. The summed E-state index contributed by atoms with van der Waals surface area (Å²) in [6.07, 6.45) is -11.1. The van der Waals surface area contributed by atoms with E-state index in [9.17, 15) is 39.2 Å². The Morgan fingerprint density at radius 1 is 0.947 bits per heavy atom. The highest BCUT2D eigenvalue weighted by Crippen LogP contribution is 2.42. The van der Waals surface area contributed by atoms with Gasteiger partial charge in [-0.25, -0.2) is 12.8 Å². The fourth-order valence-corrected chi connectivity index (χ4v) is 2.31. The minimum absolute atomic E-state index is 0.0446. The molecule has 1 aromatic carbocycles. The molecule has 0 atom stereocenters. The molecule has 0 N–H and O–H groups in total. The van der Waals surface area contributed by atoms with Crippen LogP contribution in [-0.2, 0) is 21.4 Å². The molecular formula is C8H2ClF7O2S. The Morgan fingerprint density at radius 2 is 1.42 bits per heavy atom. The monoisotopic (exact) mass is 330 g/mol. The van der Waals surface area contributed by atoms with Crippen molar-refractivity contribution in [2.24, 2.45) is 0 Å². The number of alkyl halides is 6. The Kier molecular flexibility index (Phi) is 3.81. The Labute approximate surface area is 106 Å². The van der Waals surface area contributed by atoms with Crippen LogP contribution in [0.25, 0.3) is 0 Å². The lowest BCUT2D eigenvalue weighted by molar-refractivity contribution is -0.149. The minimum Gasteiger partial charge on any atom is -0.207 e. The second-order valence-electron chi connectivity index (χ2n) is 3.23. The van der Waals surface area contributed by atoms with Crippen molar-refractivity contribution in [2.45, 2.75) is 17.2 Å². The van der Waals surface area contributed by atoms with Crippen LogP contribution in [0.3, 0.4) is 0 Å². The van der Waals surface area contributed by atoms with E-state index in [1.165, 1.54) is 0 Å². The summed E-state index contributed by atoms with van der Waals surface area (Å²) in [4.78, 5) is -1.77.